The Morgan fingerprint density at radius 1 is 0.818 bits per heavy atom. The van der Waals surface area contributed by atoms with Crippen LogP contribution in [0.2, 0.25) is 0 Å². The number of hydrogen-bond acceptors (Lipinski definition) is 3. The van der Waals surface area contributed by atoms with Crippen molar-refractivity contribution in [2.75, 3.05) is 5.32 Å². The topological polar surface area (TPSA) is 59.8 Å². The minimum atomic E-state index is -0.731. The standard InChI is InChI=1S/C28H24N4O/c1-20-25-19-29-27(30-21(2)33)18-26(25)32(31-20)28(22-12-6-3-7-13-22,23-14-8-4-9-15-23)24-16-10-5-11-17-24/h3-19H,1-2H3,(H,29,30,33). The molecule has 5 rings (SSSR count). The molecule has 33 heavy (non-hydrogen) atoms. The predicted molar refractivity (Wildman–Crippen MR) is 131 cm³/mol. The van der Waals surface area contributed by atoms with Gasteiger partial charge >= 0.3 is 0 Å². The predicted octanol–water partition coefficient (Wildman–Crippen LogP) is 5.54. The molecule has 5 aromatic rings. The summed E-state index contributed by atoms with van der Waals surface area (Å²) in [5, 5.41) is 8.83. The SMILES string of the molecule is CC(=O)Nc1cc2c(cn1)c(C)nn2C(c1ccccc1)(c1ccccc1)c1ccccc1. The van der Waals surface area contributed by atoms with Crippen LogP contribution in [-0.4, -0.2) is 20.7 Å². The molecule has 0 atom stereocenters. The van der Waals surface area contributed by atoms with Crippen LogP contribution in [0.1, 0.15) is 29.3 Å². The number of fused-ring (bicyclic) bond motifs is 1. The van der Waals surface area contributed by atoms with Gasteiger partial charge < -0.3 is 5.32 Å². The van der Waals surface area contributed by atoms with Crippen LogP contribution in [0.5, 0.6) is 0 Å². The van der Waals surface area contributed by atoms with Crippen LogP contribution >= 0.6 is 0 Å². The Bertz CT molecular complexity index is 1310. The summed E-state index contributed by atoms with van der Waals surface area (Å²) in [5.41, 5.74) is 4.30. The molecule has 1 N–H and O–H groups in total. The molecule has 2 heterocycles. The van der Waals surface area contributed by atoms with E-state index in [4.69, 9.17) is 5.10 Å². The van der Waals surface area contributed by atoms with Crippen molar-refractivity contribution in [2.24, 2.45) is 0 Å². The number of benzene rings is 3. The molecule has 0 spiro atoms. The van der Waals surface area contributed by atoms with E-state index in [-0.39, 0.29) is 5.91 Å². The highest BCUT2D eigenvalue weighted by molar-refractivity contribution is 5.91. The fraction of sp³-hybridized carbons (Fsp3) is 0.107. The molecular formula is C28H24N4O. The molecule has 0 aliphatic rings. The Kier molecular flexibility index (Phi) is 5.23. The zero-order valence-corrected chi connectivity index (χ0v) is 18.6. The van der Waals surface area contributed by atoms with E-state index in [9.17, 15) is 4.79 Å². The Balaban J connectivity index is 1.94. The van der Waals surface area contributed by atoms with Gasteiger partial charge in [-0.25, -0.2) is 9.67 Å². The molecule has 0 aliphatic carbocycles. The Hall–Kier alpha value is -4.25. The summed E-state index contributed by atoms with van der Waals surface area (Å²) < 4.78 is 2.07. The van der Waals surface area contributed by atoms with Gasteiger partial charge in [-0.2, -0.15) is 5.10 Å². The molecule has 162 valence electrons. The lowest BCUT2D eigenvalue weighted by Gasteiger charge is -2.37. The van der Waals surface area contributed by atoms with Gasteiger partial charge in [-0.1, -0.05) is 91.0 Å². The maximum atomic E-state index is 11.7. The third kappa shape index (κ3) is 3.48. The summed E-state index contributed by atoms with van der Waals surface area (Å²) in [7, 11) is 0. The minimum absolute atomic E-state index is 0.162. The van der Waals surface area contributed by atoms with Crippen molar-refractivity contribution >= 4 is 22.6 Å². The van der Waals surface area contributed by atoms with Crippen LogP contribution in [0.4, 0.5) is 5.82 Å². The lowest BCUT2D eigenvalue weighted by Crippen LogP contribution is -2.38. The number of nitrogens with zero attached hydrogens (tertiary/aromatic N) is 3. The molecule has 5 nitrogen and oxygen atoms in total. The molecule has 0 saturated carbocycles. The lowest BCUT2D eigenvalue weighted by molar-refractivity contribution is -0.114. The molecule has 0 radical (unpaired) electrons. The van der Waals surface area contributed by atoms with Crippen molar-refractivity contribution in [3.05, 3.63) is 126 Å². The van der Waals surface area contributed by atoms with Gasteiger partial charge in [0.1, 0.15) is 11.4 Å². The first-order valence-electron chi connectivity index (χ1n) is 10.9. The van der Waals surface area contributed by atoms with E-state index in [0.29, 0.717) is 5.82 Å². The second-order valence-electron chi connectivity index (χ2n) is 8.07. The van der Waals surface area contributed by atoms with E-state index >= 15 is 0 Å². The van der Waals surface area contributed by atoms with Crippen LogP contribution in [0.15, 0.2) is 103 Å². The number of rotatable bonds is 5. The quantitative estimate of drug-likeness (QED) is 0.371. The van der Waals surface area contributed by atoms with Gasteiger partial charge in [0.2, 0.25) is 5.91 Å². The van der Waals surface area contributed by atoms with Crippen molar-refractivity contribution in [3.8, 4) is 0 Å². The van der Waals surface area contributed by atoms with E-state index in [1.165, 1.54) is 6.92 Å². The van der Waals surface area contributed by atoms with Gasteiger partial charge in [-0.3, -0.25) is 4.79 Å². The number of anilines is 1. The normalized spacial score (nSPS) is 11.5. The van der Waals surface area contributed by atoms with Gasteiger partial charge in [-0.15, -0.1) is 0 Å². The number of pyridine rings is 1. The van der Waals surface area contributed by atoms with Crippen LogP contribution in [0, 0.1) is 6.92 Å². The summed E-state index contributed by atoms with van der Waals surface area (Å²) in [4.78, 5) is 16.2. The fourth-order valence-electron chi connectivity index (χ4n) is 4.57. The highest BCUT2D eigenvalue weighted by atomic mass is 16.1. The Morgan fingerprint density at radius 3 is 1.76 bits per heavy atom. The molecular weight excluding hydrogens is 408 g/mol. The van der Waals surface area contributed by atoms with Crippen LogP contribution in [0.25, 0.3) is 10.9 Å². The molecule has 0 saturated heterocycles. The average molecular weight is 433 g/mol. The maximum Gasteiger partial charge on any atom is 0.222 e. The number of nitrogens with one attached hydrogen (secondary N) is 1. The average Bonchev–Trinajstić information content (AvgIpc) is 3.17. The van der Waals surface area contributed by atoms with E-state index in [2.05, 4.69) is 87.8 Å². The van der Waals surface area contributed by atoms with Crippen molar-refractivity contribution in [1.82, 2.24) is 14.8 Å². The number of carbonyl (C=O) groups excluding carboxylic acids is 1. The zero-order chi connectivity index (χ0) is 22.8. The van der Waals surface area contributed by atoms with Gasteiger partial charge in [0.25, 0.3) is 0 Å². The van der Waals surface area contributed by atoms with Crippen LogP contribution in [-0.2, 0) is 10.3 Å². The summed E-state index contributed by atoms with van der Waals surface area (Å²) >= 11 is 0. The van der Waals surface area contributed by atoms with Crippen LogP contribution < -0.4 is 5.32 Å². The van der Waals surface area contributed by atoms with E-state index in [1.807, 2.05) is 31.2 Å². The fourth-order valence-corrected chi connectivity index (χ4v) is 4.57. The monoisotopic (exact) mass is 432 g/mol. The minimum Gasteiger partial charge on any atom is -0.311 e. The third-order valence-corrected chi connectivity index (χ3v) is 5.95. The molecule has 0 aliphatic heterocycles. The number of amides is 1. The molecule has 1 amide bonds. The van der Waals surface area contributed by atoms with Gasteiger partial charge in [0.15, 0.2) is 0 Å². The third-order valence-electron chi connectivity index (χ3n) is 5.95. The number of aryl methyl sites for hydroxylation is 1. The first kappa shape index (κ1) is 20.6. The molecule has 0 bridgehead atoms. The molecule has 3 aromatic carbocycles. The van der Waals surface area contributed by atoms with Gasteiger partial charge in [0.05, 0.1) is 11.2 Å². The van der Waals surface area contributed by atoms with Crippen molar-refractivity contribution in [3.63, 3.8) is 0 Å². The Labute approximate surface area is 192 Å². The first-order chi connectivity index (χ1) is 16.1. The lowest BCUT2D eigenvalue weighted by atomic mass is 9.77. The highest BCUT2D eigenvalue weighted by Gasteiger charge is 2.40. The van der Waals surface area contributed by atoms with Gasteiger partial charge in [-0.05, 0) is 23.6 Å². The summed E-state index contributed by atoms with van der Waals surface area (Å²) in [5.74, 6) is 0.337. The zero-order valence-electron chi connectivity index (χ0n) is 18.6. The summed E-state index contributed by atoms with van der Waals surface area (Å²) in [6.45, 7) is 3.47. The molecule has 2 aromatic heterocycles. The van der Waals surface area contributed by atoms with Crippen LogP contribution in [0.3, 0.4) is 0 Å². The second-order valence-corrected chi connectivity index (χ2v) is 8.07. The smallest absolute Gasteiger partial charge is 0.222 e. The maximum absolute atomic E-state index is 11.7. The largest absolute Gasteiger partial charge is 0.311 e. The molecule has 0 unspecified atom stereocenters. The molecule has 0 fully saturated rings. The van der Waals surface area contributed by atoms with Crippen molar-refractivity contribution in [1.29, 1.82) is 0 Å². The van der Waals surface area contributed by atoms with E-state index in [0.717, 1.165) is 33.3 Å². The number of hydrogen-bond donors (Lipinski definition) is 1. The summed E-state index contributed by atoms with van der Waals surface area (Å²) in [6, 6.07) is 33.1. The van der Waals surface area contributed by atoms with E-state index in [1.54, 1.807) is 6.20 Å². The van der Waals surface area contributed by atoms with E-state index < -0.39 is 5.54 Å². The van der Waals surface area contributed by atoms with Gasteiger partial charge in [0, 0.05) is 24.6 Å². The highest BCUT2D eigenvalue weighted by Crippen LogP contribution is 2.42. The summed E-state index contributed by atoms with van der Waals surface area (Å²) in [6.07, 6.45) is 1.78. The van der Waals surface area contributed by atoms with Crippen molar-refractivity contribution in [2.45, 2.75) is 19.4 Å². The second kappa shape index (κ2) is 8.36. The Morgan fingerprint density at radius 2 is 1.30 bits per heavy atom. The van der Waals surface area contributed by atoms with Crippen molar-refractivity contribution < 1.29 is 4.79 Å². The first-order valence-corrected chi connectivity index (χ1v) is 10.9. The number of aromatic nitrogens is 3. The molecule has 5 heteroatoms. The number of carbonyl (C=O) groups is 1.